The smallest absolute Gasteiger partial charge is 0.0954 e. The summed E-state index contributed by atoms with van der Waals surface area (Å²) in [6, 6.07) is 9.23. The van der Waals surface area contributed by atoms with Crippen LogP contribution in [0.1, 0.15) is 30.9 Å². The molecule has 3 nitrogen and oxygen atoms in total. The van der Waals surface area contributed by atoms with Crippen LogP contribution in [-0.4, -0.2) is 22.6 Å². The number of hydrogen-bond donors (Lipinski definition) is 1. The van der Waals surface area contributed by atoms with Gasteiger partial charge in [-0.3, -0.25) is 0 Å². The fourth-order valence-electron chi connectivity index (χ4n) is 2.78. The Morgan fingerprint density at radius 1 is 1.21 bits per heavy atom. The van der Waals surface area contributed by atoms with Crippen molar-refractivity contribution in [1.82, 2.24) is 14.9 Å². The normalized spacial score (nSPS) is 20.2. The number of nitrogens with zero attached hydrogens (tertiary/aromatic N) is 2. The summed E-state index contributed by atoms with van der Waals surface area (Å²) in [5, 5.41) is 3.52. The van der Waals surface area contributed by atoms with Gasteiger partial charge in [-0.1, -0.05) is 36.2 Å². The molecule has 1 N–H and O–H groups in total. The predicted molar refractivity (Wildman–Crippen MR) is 78.2 cm³/mol. The average molecular weight is 255 g/mol. The van der Waals surface area contributed by atoms with Gasteiger partial charge in [-0.25, -0.2) is 4.98 Å². The van der Waals surface area contributed by atoms with Crippen molar-refractivity contribution >= 4 is 0 Å². The van der Waals surface area contributed by atoms with E-state index in [1.807, 2.05) is 12.5 Å². The maximum Gasteiger partial charge on any atom is 0.0954 e. The minimum absolute atomic E-state index is 0.529. The molecule has 1 aliphatic rings. The van der Waals surface area contributed by atoms with Crippen molar-refractivity contribution in [2.45, 2.75) is 32.2 Å². The first kappa shape index (κ1) is 12.4. The van der Waals surface area contributed by atoms with E-state index in [0.717, 1.165) is 13.1 Å². The summed E-state index contributed by atoms with van der Waals surface area (Å²) in [6.45, 7) is 4.32. The lowest BCUT2D eigenvalue weighted by Gasteiger charge is -2.19. The average Bonchev–Trinajstić information content (AvgIpc) is 2.75. The molecule has 0 spiro atoms. The third-order valence-corrected chi connectivity index (χ3v) is 3.93. The van der Waals surface area contributed by atoms with Gasteiger partial charge in [-0.2, -0.15) is 0 Å². The van der Waals surface area contributed by atoms with Crippen LogP contribution in [0.3, 0.4) is 0 Å². The van der Waals surface area contributed by atoms with Gasteiger partial charge >= 0.3 is 0 Å². The highest BCUT2D eigenvalue weighted by Crippen LogP contribution is 2.26. The molecule has 2 heterocycles. The van der Waals surface area contributed by atoms with Gasteiger partial charge in [-0.15, -0.1) is 0 Å². The van der Waals surface area contributed by atoms with Crippen LogP contribution in [0, 0.1) is 6.92 Å². The van der Waals surface area contributed by atoms with E-state index >= 15 is 0 Å². The van der Waals surface area contributed by atoms with Gasteiger partial charge in [0.05, 0.1) is 18.2 Å². The molecule has 1 aromatic heterocycles. The minimum Gasteiger partial charge on any atom is -0.326 e. The molecule has 0 amide bonds. The number of rotatable bonds is 2. The van der Waals surface area contributed by atoms with Crippen LogP contribution < -0.4 is 5.32 Å². The van der Waals surface area contributed by atoms with Crippen LogP contribution in [0.2, 0.25) is 0 Å². The number of aryl methyl sites for hydroxylation is 1. The third-order valence-electron chi connectivity index (χ3n) is 3.93. The van der Waals surface area contributed by atoms with Crippen LogP contribution >= 0.6 is 0 Å². The number of aromatic nitrogens is 2. The number of benzene rings is 1. The van der Waals surface area contributed by atoms with Crippen LogP contribution in [0.15, 0.2) is 36.8 Å². The van der Waals surface area contributed by atoms with Gasteiger partial charge in [0.1, 0.15) is 0 Å². The summed E-state index contributed by atoms with van der Waals surface area (Å²) in [5.41, 5.74) is 3.78. The summed E-state index contributed by atoms with van der Waals surface area (Å²) < 4.78 is 2.34. The van der Waals surface area contributed by atoms with Gasteiger partial charge in [0, 0.05) is 12.6 Å². The van der Waals surface area contributed by atoms with Gasteiger partial charge in [-0.05, 0) is 31.9 Å². The predicted octanol–water partition coefficient (Wildman–Crippen LogP) is 3.17. The molecule has 2 aromatic rings. The first-order chi connectivity index (χ1) is 9.34. The largest absolute Gasteiger partial charge is 0.326 e. The Labute approximate surface area is 114 Å². The highest BCUT2D eigenvalue weighted by molar-refractivity contribution is 5.59. The highest BCUT2D eigenvalue weighted by atomic mass is 15.1. The van der Waals surface area contributed by atoms with E-state index in [0.29, 0.717) is 6.04 Å². The quantitative estimate of drug-likeness (QED) is 0.893. The minimum atomic E-state index is 0.529. The Morgan fingerprint density at radius 2 is 2.05 bits per heavy atom. The number of imidazole rings is 1. The molecule has 0 saturated carbocycles. The fourth-order valence-corrected chi connectivity index (χ4v) is 2.78. The van der Waals surface area contributed by atoms with E-state index < -0.39 is 0 Å². The van der Waals surface area contributed by atoms with Crippen molar-refractivity contribution < 1.29 is 0 Å². The molecule has 1 saturated heterocycles. The maximum atomic E-state index is 4.36. The molecule has 1 fully saturated rings. The summed E-state index contributed by atoms with van der Waals surface area (Å²) in [6.07, 6.45) is 7.78. The summed E-state index contributed by atoms with van der Waals surface area (Å²) in [7, 11) is 0. The molecule has 1 aliphatic heterocycles. The van der Waals surface area contributed by atoms with Crippen molar-refractivity contribution in [2.24, 2.45) is 0 Å². The Morgan fingerprint density at radius 3 is 2.89 bits per heavy atom. The van der Waals surface area contributed by atoms with Crippen molar-refractivity contribution in [3.8, 4) is 11.3 Å². The second-order valence-electron chi connectivity index (χ2n) is 5.41. The fraction of sp³-hybridized carbons (Fsp3) is 0.438. The second kappa shape index (κ2) is 5.57. The Kier molecular flexibility index (Phi) is 3.65. The second-order valence-corrected chi connectivity index (χ2v) is 5.41. The lowest BCUT2D eigenvalue weighted by molar-refractivity contribution is 0.464. The Hall–Kier alpha value is -1.61. The first-order valence-electron chi connectivity index (χ1n) is 7.14. The molecule has 1 unspecified atom stereocenters. The van der Waals surface area contributed by atoms with Gasteiger partial charge in [0.25, 0.3) is 0 Å². The van der Waals surface area contributed by atoms with E-state index in [1.54, 1.807) is 0 Å². The Balaban J connectivity index is 1.90. The molecule has 0 radical (unpaired) electrons. The van der Waals surface area contributed by atoms with Crippen LogP contribution in [0.25, 0.3) is 11.3 Å². The molecule has 3 heteroatoms. The zero-order chi connectivity index (χ0) is 13.1. The SMILES string of the molecule is Cc1ccc(-c2cncn2C2CCCCNC2)cc1. The van der Waals surface area contributed by atoms with Crippen LogP contribution in [0.4, 0.5) is 0 Å². The van der Waals surface area contributed by atoms with Gasteiger partial charge in [0.15, 0.2) is 0 Å². The van der Waals surface area contributed by atoms with E-state index in [9.17, 15) is 0 Å². The van der Waals surface area contributed by atoms with E-state index in [4.69, 9.17) is 0 Å². The first-order valence-corrected chi connectivity index (χ1v) is 7.14. The lowest BCUT2D eigenvalue weighted by atomic mass is 10.1. The van der Waals surface area contributed by atoms with Crippen molar-refractivity contribution in [3.63, 3.8) is 0 Å². The molecular formula is C16H21N3. The van der Waals surface area contributed by atoms with Gasteiger partial charge < -0.3 is 9.88 Å². The van der Waals surface area contributed by atoms with Crippen LogP contribution in [0.5, 0.6) is 0 Å². The summed E-state index contributed by atoms with van der Waals surface area (Å²) >= 11 is 0. The number of nitrogens with one attached hydrogen (secondary N) is 1. The zero-order valence-corrected chi connectivity index (χ0v) is 11.5. The van der Waals surface area contributed by atoms with Crippen LogP contribution in [-0.2, 0) is 0 Å². The topological polar surface area (TPSA) is 29.9 Å². The molecule has 0 bridgehead atoms. The number of hydrogen-bond acceptors (Lipinski definition) is 2. The molecule has 1 atom stereocenters. The highest BCUT2D eigenvalue weighted by Gasteiger charge is 2.16. The monoisotopic (exact) mass is 255 g/mol. The molecule has 19 heavy (non-hydrogen) atoms. The third kappa shape index (κ3) is 2.71. The molecule has 1 aromatic carbocycles. The van der Waals surface area contributed by atoms with E-state index in [1.165, 1.54) is 36.1 Å². The van der Waals surface area contributed by atoms with Crippen molar-refractivity contribution in [2.75, 3.05) is 13.1 Å². The maximum absolute atomic E-state index is 4.36. The van der Waals surface area contributed by atoms with Crippen molar-refractivity contribution in [1.29, 1.82) is 0 Å². The van der Waals surface area contributed by atoms with Gasteiger partial charge in [0.2, 0.25) is 0 Å². The zero-order valence-electron chi connectivity index (χ0n) is 11.5. The molecule has 0 aliphatic carbocycles. The van der Waals surface area contributed by atoms with E-state index in [-0.39, 0.29) is 0 Å². The Bertz CT molecular complexity index is 519. The lowest BCUT2D eigenvalue weighted by Crippen LogP contribution is -2.23. The summed E-state index contributed by atoms with van der Waals surface area (Å²) in [5.74, 6) is 0. The van der Waals surface area contributed by atoms with E-state index in [2.05, 4.69) is 46.1 Å². The molecule has 3 rings (SSSR count). The van der Waals surface area contributed by atoms with Crippen molar-refractivity contribution in [3.05, 3.63) is 42.4 Å². The standard InChI is InChI=1S/C16H21N3/c1-13-5-7-14(8-6-13)16-11-18-12-19(16)15-4-2-3-9-17-10-15/h5-8,11-12,15,17H,2-4,9-10H2,1H3. The summed E-state index contributed by atoms with van der Waals surface area (Å²) in [4.78, 5) is 4.36. The molecular weight excluding hydrogens is 234 g/mol. The molecule has 100 valence electrons.